The molecule has 1 unspecified atom stereocenters. The Morgan fingerprint density at radius 3 is 2.26 bits per heavy atom. The third-order valence-electron chi connectivity index (χ3n) is 3.84. The highest BCUT2D eigenvalue weighted by atomic mass is 16.2. The number of rotatable bonds is 3. The van der Waals surface area contributed by atoms with Crippen LogP contribution in [0.3, 0.4) is 0 Å². The Balaban J connectivity index is 3.06. The van der Waals surface area contributed by atoms with Gasteiger partial charge in [-0.25, -0.2) is 0 Å². The molecule has 0 aromatic rings. The fraction of sp³-hybridized carbons (Fsp3) is 0.867. The summed E-state index contributed by atoms with van der Waals surface area (Å²) in [4.78, 5) is 26.5. The average molecular weight is 268 g/mol. The van der Waals surface area contributed by atoms with Crippen molar-refractivity contribution in [3.8, 4) is 0 Å². The minimum absolute atomic E-state index is 0.0249. The van der Waals surface area contributed by atoms with Gasteiger partial charge in [-0.2, -0.15) is 0 Å². The Morgan fingerprint density at radius 1 is 1.21 bits per heavy atom. The van der Waals surface area contributed by atoms with Crippen LogP contribution in [0.25, 0.3) is 0 Å². The molecule has 4 heteroatoms. The summed E-state index contributed by atoms with van der Waals surface area (Å²) >= 11 is 0. The Morgan fingerprint density at radius 2 is 1.79 bits per heavy atom. The van der Waals surface area contributed by atoms with Gasteiger partial charge in [0.1, 0.15) is 6.04 Å². The smallest absolute Gasteiger partial charge is 0.246 e. The van der Waals surface area contributed by atoms with Crippen LogP contribution < -0.4 is 5.32 Å². The topological polar surface area (TPSA) is 49.4 Å². The quantitative estimate of drug-likeness (QED) is 0.854. The van der Waals surface area contributed by atoms with E-state index in [4.69, 9.17) is 0 Å². The second-order valence-electron chi connectivity index (χ2n) is 7.17. The molecule has 1 atom stereocenters. The zero-order valence-corrected chi connectivity index (χ0v) is 13.2. The molecule has 0 aromatic heterocycles. The Bertz CT molecular complexity index is 356. The zero-order valence-electron chi connectivity index (χ0n) is 13.2. The van der Waals surface area contributed by atoms with Crippen LogP contribution in [0, 0.1) is 5.41 Å². The summed E-state index contributed by atoms with van der Waals surface area (Å²) in [6, 6.07) is -0.432. The summed E-state index contributed by atoms with van der Waals surface area (Å²) in [6.07, 6.45) is 2.37. The molecule has 4 nitrogen and oxygen atoms in total. The maximum atomic E-state index is 12.8. The summed E-state index contributed by atoms with van der Waals surface area (Å²) < 4.78 is 0. The summed E-state index contributed by atoms with van der Waals surface area (Å²) in [5.74, 6) is 0.0277. The second-order valence-corrected chi connectivity index (χ2v) is 7.17. The lowest BCUT2D eigenvalue weighted by Crippen LogP contribution is -2.56. The number of nitrogens with one attached hydrogen (secondary N) is 1. The molecule has 2 amide bonds. The third kappa shape index (κ3) is 3.71. The first-order valence-electron chi connectivity index (χ1n) is 7.20. The Labute approximate surface area is 116 Å². The number of hydrogen-bond acceptors (Lipinski definition) is 2. The second kappa shape index (κ2) is 5.51. The lowest BCUT2D eigenvalue weighted by molar-refractivity contribution is -0.141. The van der Waals surface area contributed by atoms with Gasteiger partial charge in [0, 0.05) is 18.5 Å². The van der Waals surface area contributed by atoms with Crippen molar-refractivity contribution in [3.63, 3.8) is 0 Å². The van der Waals surface area contributed by atoms with Gasteiger partial charge >= 0.3 is 0 Å². The Kier molecular flexibility index (Phi) is 4.64. The molecule has 1 aliphatic heterocycles. The summed E-state index contributed by atoms with van der Waals surface area (Å²) in [5, 5.41) is 2.88. The summed E-state index contributed by atoms with van der Waals surface area (Å²) in [7, 11) is 0. The normalized spacial score (nSPS) is 22.2. The van der Waals surface area contributed by atoms with Crippen molar-refractivity contribution in [1.82, 2.24) is 10.2 Å². The molecule has 1 rings (SSSR count). The number of carbonyl (C=O) groups is 2. The summed E-state index contributed by atoms with van der Waals surface area (Å²) in [5.41, 5.74) is -0.459. The van der Waals surface area contributed by atoms with E-state index in [1.54, 1.807) is 0 Å². The molecule has 0 aliphatic carbocycles. The van der Waals surface area contributed by atoms with Crippen molar-refractivity contribution in [2.45, 2.75) is 72.4 Å². The van der Waals surface area contributed by atoms with Gasteiger partial charge in [0.05, 0.1) is 0 Å². The van der Waals surface area contributed by atoms with Gasteiger partial charge in [0.2, 0.25) is 11.8 Å². The molecule has 1 N–H and O–H groups in total. The highest BCUT2D eigenvalue weighted by Crippen LogP contribution is 2.28. The van der Waals surface area contributed by atoms with Crippen molar-refractivity contribution in [3.05, 3.63) is 0 Å². The van der Waals surface area contributed by atoms with Crippen molar-refractivity contribution < 1.29 is 9.59 Å². The maximum Gasteiger partial charge on any atom is 0.246 e. The highest BCUT2D eigenvalue weighted by Gasteiger charge is 2.42. The first kappa shape index (κ1) is 16.0. The van der Waals surface area contributed by atoms with Crippen molar-refractivity contribution >= 4 is 11.8 Å². The molecule has 1 saturated heterocycles. The zero-order chi connectivity index (χ0) is 14.8. The standard InChI is InChI=1S/C15H28N2O2/c1-7-9-15(5,6)17-10-8-11(18)16-12(13(17)19)14(2,3)4/h12H,7-10H2,1-6H3,(H,16,18). The molecule has 1 heterocycles. The van der Waals surface area contributed by atoms with Gasteiger partial charge < -0.3 is 10.2 Å². The molecule has 110 valence electrons. The largest absolute Gasteiger partial charge is 0.344 e. The van der Waals surface area contributed by atoms with Crippen LogP contribution in [-0.2, 0) is 9.59 Å². The van der Waals surface area contributed by atoms with E-state index in [0.29, 0.717) is 13.0 Å². The lowest BCUT2D eigenvalue weighted by atomic mass is 9.84. The van der Waals surface area contributed by atoms with E-state index < -0.39 is 6.04 Å². The minimum Gasteiger partial charge on any atom is -0.344 e. The lowest BCUT2D eigenvalue weighted by Gasteiger charge is -2.41. The van der Waals surface area contributed by atoms with Crippen molar-refractivity contribution in [1.29, 1.82) is 0 Å². The van der Waals surface area contributed by atoms with Gasteiger partial charge in [-0.3, -0.25) is 9.59 Å². The molecular weight excluding hydrogens is 240 g/mol. The van der Waals surface area contributed by atoms with E-state index >= 15 is 0 Å². The molecule has 1 fully saturated rings. The van der Waals surface area contributed by atoms with Gasteiger partial charge in [-0.1, -0.05) is 34.1 Å². The van der Waals surface area contributed by atoms with Gasteiger partial charge in [-0.15, -0.1) is 0 Å². The first-order valence-corrected chi connectivity index (χ1v) is 7.20. The molecule has 19 heavy (non-hydrogen) atoms. The summed E-state index contributed by atoms with van der Waals surface area (Å²) in [6.45, 7) is 12.8. The third-order valence-corrected chi connectivity index (χ3v) is 3.84. The molecule has 0 spiro atoms. The monoisotopic (exact) mass is 268 g/mol. The highest BCUT2D eigenvalue weighted by molar-refractivity contribution is 5.91. The van der Waals surface area contributed by atoms with E-state index in [1.807, 2.05) is 25.7 Å². The predicted molar refractivity (Wildman–Crippen MR) is 76.7 cm³/mol. The van der Waals surface area contributed by atoms with Crippen LogP contribution in [0.2, 0.25) is 0 Å². The van der Waals surface area contributed by atoms with E-state index in [-0.39, 0.29) is 22.8 Å². The number of nitrogens with zero attached hydrogens (tertiary/aromatic N) is 1. The van der Waals surface area contributed by atoms with Crippen LogP contribution in [0.15, 0.2) is 0 Å². The molecule has 1 aliphatic rings. The fourth-order valence-corrected chi connectivity index (χ4v) is 2.71. The van der Waals surface area contributed by atoms with E-state index in [0.717, 1.165) is 12.8 Å². The van der Waals surface area contributed by atoms with Gasteiger partial charge in [0.25, 0.3) is 0 Å². The number of hydrogen-bond donors (Lipinski definition) is 1. The van der Waals surface area contributed by atoms with Crippen LogP contribution in [-0.4, -0.2) is 34.8 Å². The number of amides is 2. The van der Waals surface area contributed by atoms with E-state index in [1.165, 1.54) is 0 Å². The Hall–Kier alpha value is -1.06. The first-order chi connectivity index (χ1) is 8.59. The maximum absolute atomic E-state index is 12.8. The molecular formula is C15H28N2O2. The van der Waals surface area contributed by atoms with Crippen LogP contribution in [0.4, 0.5) is 0 Å². The number of carbonyl (C=O) groups excluding carboxylic acids is 2. The molecule has 0 aromatic carbocycles. The van der Waals surface area contributed by atoms with E-state index in [2.05, 4.69) is 26.1 Å². The van der Waals surface area contributed by atoms with Gasteiger partial charge in [-0.05, 0) is 25.7 Å². The van der Waals surface area contributed by atoms with Crippen LogP contribution in [0.1, 0.15) is 60.8 Å². The molecule has 0 bridgehead atoms. The van der Waals surface area contributed by atoms with Crippen LogP contribution in [0.5, 0.6) is 0 Å². The van der Waals surface area contributed by atoms with E-state index in [9.17, 15) is 9.59 Å². The minimum atomic E-state index is -0.432. The predicted octanol–water partition coefficient (Wildman–Crippen LogP) is 2.33. The van der Waals surface area contributed by atoms with Crippen LogP contribution >= 0.6 is 0 Å². The SMILES string of the molecule is CCCC(C)(C)N1CCC(=O)NC(C(C)(C)C)C1=O. The van der Waals surface area contributed by atoms with Crippen molar-refractivity contribution in [2.24, 2.45) is 5.41 Å². The molecule has 0 saturated carbocycles. The fourth-order valence-electron chi connectivity index (χ4n) is 2.71. The van der Waals surface area contributed by atoms with Gasteiger partial charge in [0.15, 0.2) is 0 Å². The average Bonchev–Trinajstić information content (AvgIpc) is 2.37. The van der Waals surface area contributed by atoms with Crippen molar-refractivity contribution in [2.75, 3.05) is 6.54 Å². The molecule has 0 radical (unpaired) electrons.